The number of fused-ring (bicyclic) bond motifs is 1. The highest BCUT2D eigenvalue weighted by Crippen LogP contribution is 2.25. The number of rotatable bonds is 6. The van der Waals surface area contributed by atoms with E-state index in [4.69, 9.17) is 11.6 Å². The van der Waals surface area contributed by atoms with Gasteiger partial charge >= 0.3 is 0 Å². The summed E-state index contributed by atoms with van der Waals surface area (Å²) < 4.78 is 1.68. The number of carbonyl (C=O) groups is 1. The van der Waals surface area contributed by atoms with E-state index in [9.17, 15) is 9.59 Å². The Bertz CT molecular complexity index is 912. The molecule has 2 aromatic rings. The molecular weight excluding hydrogens is 394 g/mol. The van der Waals surface area contributed by atoms with E-state index in [0.717, 1.165) is 6.42 Å². The number of carbonyl (C=O) groups excluding carboxylic acids is 1. The van der Waals surface area contributed by atoms with E-state index in [1.807, 2.05) is 0 Å². The molecule has 1 aromatic heterocycles. The van der Waals surface area contributed by atoms with Crippen LogP contribution < -0.4 is 10.9 Å². The number of amides is 1. The first-order valence-corrected chi connectivity index (χ1v) is 11.3. The van der Waals surface area contributed by atoms with Gasteiger partial charge in [0.1, 0.15) is 0 Å². The summed E-state index contributed by atoms with van der Waals surface area (Å²) in [6.45, 7) is 6.88. The fourth-order valence-corrected chi connectivity index (χ4v) is 4.71. The zero-order valence-corrected chi connectivity index (χ0v) is 18.3. The molecule has 0 spiro atoms. The number of benzene rings is 1. The number of thioether (sulfide) groups is 1. The van der Waals surface area contributed by atoms with E-state index in [1.54, 1.807) is 22.8 Å². The second kappa shape index (κ2) is 9.31. The molecule has 7 heteroatoms. The normalized spacial score (nSPS) is 19.9. The Morgan fingerprint density at radius 2 is 2.11 bits per heavy atom. The lowest BCUT2D eigenvalue weighted by Crippen LogP contribution is -2.42. The molecule has 0 saturated heterocycles. The van der Waals surface area contributed by atoms with Gasteiger partial charge in [-0.25, -0.2) is 4.98 Å². The molecule has 0 radical (unpaired) electrons. The highest BCUT2D eigenvalue weighted by Gasteiger charge is 2.23. The third kappa shape index (κ3) is 5.09. The average Bonchev–Trinajstić information content (AvgIpc) is 2.64. The molecule has 3 rings (SSSR count). The molecule has 1 N–H and O–H groups in total. The van der Waals surface area contributed by atoms with Crippen LogP contribution in [-0.2, 0) is 11.3 Å². The van der Waals surface area contributed by atoms with Crippen molar-refractivity contribution in [3.63, 3.8) is 0 Å². The standard InChI is InChI=1S/C21H28ClN3O2S/c1-13(2)11-25-20(27)16-9-8-15(22)10-18(16)24-21(25)28-12-19(26)23-17-7-5-4-6-14(17)3/h8-10,13-14,17H,4-7,11-12H2,1-3H3,(H,23,26)/t14-,17-/m1/s1. The van der Waals surface area contributed by atoms with Crippen molar-refractivity contribution in [2.75, 3.05) is 5.75 Å². The van der Waals surface area contributed by atoms with E-state index in [1.165, 1.54) is 31.0 Å². The zero-order valence-electron chi connectivity index (χ0n) is 16.7. The fraction of sp³-hybridized carbons (Fsp3) is 0.571. The zero-order chi connectivity index (χ0) is 20.3. The van der Waals surface area contributed by atoms with Gasteiger partial charge in [0.25, 0.3) is 5.56 Å². The smallest absolute Gasteiger partial charge is 0.262 e. The Morgan fingerprint density at radius 3 is 2.82 bits per heavy atom. The van der Waals surface area contributed by atoms with Crippen LogP contribution in [0.1, 0.15) is 46.5 Å². The summed E-state index contributed by atoms with van der Waals surface area (Å²) in [7, 11) is 0. The molecule has 1 aromatic carbocycles. The van der Waals surface area contributed by atoms with Crippen LogP contribution in [0.25, 0.3) is 10.9 Å². The van der Waals surface area contributed by atoms with E-state index < -0.39 is 0 Å². The lowest BCUT2D eigenvalue weighted by atomic mass is 9.86. The second-order valence-corrected chi connectivity index (χ2v) is 9.47. The molecule has 0 bridgehead atoms. The lowest BCUT2D eigenvalue weighted by molar-refractivity contribution is -0.119. The van der Waals surface area contributed by atoms with Crippen LogP contribution in [0.5, 0.6) is 0 Å². The van der Waals surface area contributed by atoms with Crippen molar-refractivity contribution in [3.8, 4) is 0 Å². The number of nitrogens with one attached hydrogen (secondary N) is 1. The topological polar surface area (TPSA) is 64.0 Å². The average molecular weight is 422 g/mol. The summed E-state index contributed by atoms with van der Waals surface area (Å²) in [5.41, 5.74) is 0.487. The van der Waals surface area contributed by atoms with Crippen molar-refractivity contribution >= 4 is 40.2 Å². The molecule has 1 amide bonds. The molecule has 5 nitrogen and oxygen atoms in total. The Labute approximate surface area is 175 Å². The molecule has 152 valence electrons. The summed E-state index contributed by atoms with van der Waals surface area (Å²) in [5.74, 6) is 1.06. The minimum Gasteiger partial charge on any atom is -0.352 e. The molecule has 1 aliphatic carbocycles. The molecule has 1 saturated carbocycles. The van der Waals surface area contributed by atoms with Crippen LogP contribution in [0.2, 0.25) is 5.02 Å². The van der Waals surface area contributed by atoms with E-state index in [0.29, 0.717) is 39.5 Å². The molecule has 0 unspecified atom stereocenters. The number of nitrogens with zero attached hydrogens (tertiary/aromatic N) is 2. The first-order valence-electron chi connectivity index (χ1n) is 9.97. The molecular formula is C21H28ClN3O2S. The van der Waals surface area contributed by atoms with Crippen molar-refractivity contribution in [1.82, 2.24) is 14.9 Å². The maximum Gasteiger partial charge on any atom is 0.262 e. The maximum absolute atomic E-state index is 13.0. The number of aromatic nitrogens is 2. The molecule has 1 aliphatic rings. The van der Waals surface area contributed by atoms with Crippen LogP contribution >= 0.6 is 23.4 Å². The summed E-state index contributed by atoms with van der Waals surface area (Å²) in [4.78, 5) is 30.1. The first-order chi connectivity index (χ1) is 13.3. The maximum atomic E-state index is 13.0. The van der Waals surface area contributed by atoms with Gasteiger partial charge in [0.2, 0.25) is 5.91 Å². The monoisotopic (exact) mass is 421 g/mol. The number of hydrogen-bond acceptors (Lipinski definition) is 4. The minimum absolute atomic E-state index is 0.000266. The van der Waals surface area contributed by atoms with E-state index >= 15 is 0 Å². The van der Waals surface area contributed by atoms with E-state index in [2.05, 4.69) is 31.1 Å². The summed E-state index contributed by atoms with van der Waals surface area (Å²) in [5, 5.41) is 4.83. The minimum atomic E-state index is -0.0841. The second-order valence-electron chi connectivity index (χ2n) is 8.09. The van der Waals surface area contributed by atoms with Gasteiger partial charge in [0.05, 0.1) is 16.7 Å². The van der Waals surface area contributed by atoms with Crippen LogP contribution in [0.4, 0.5) is 0 Å². The van der Waals surface area contributed by atoms with Gasteiger partial charge in [-0.1, -0.05) is 57.0 Å². The predicted octanol–water partition coefficient (Wildman–Crippen LogP) is 4.49. The molecule has 0 aliphatic heterocycles. The van der Waals surface area contributed by atoms with Crippen LogP contribution in [0.3, 0.4) is 0 Å². The van der Waals surface area contributed by atoms with Crippen LogP contribution in [0, 0.1) is 11.8 Å². The summed E-state index contributed by atoms with van der Waals surface area (Å²) in [6.07, 6.45) is 4.62. The Morgan fingerprint density at radius 1 is 1.36 bits per heavy atom. The van der Waals surface area contributed by atoms with Gasteiger partial charge in [0.15, 0.2) is 5.16 Å². The fourth-order valence-electron chi connectivity index (χ4n) is 3.72. The summed E-state index contributed by atoms with van der Waals surface area (Å²) >= 11 is 7.40. The van der Waals surface area contributed by atoms with Gasteiger partial charge < -0.3 is 5.32 Å². The van der Waals surface area contributed by atoms with Crippen molar-refractivity contribution in [1.29, 1.82) is 0 Å². The van der Waals surface area contributed by atoms with Gasteiger partial charge in [-0.3, -0.25) is 14.2 Å². The van der Waals surface area contributed by atoms with Gasteiger partial charge in [-0.05, 0) is 42.9 Å². The van der Waals surface area contributed by atoms with Gasteiger partial charge in [0, 0.05) is 17.6 Å². The van der Waals surface area contributed by atoms with Crippen LogP contribution in [0.15, 0.2) is 28.2 Å². The van der Waals surface area contributed by atoms with Crippen molar-refractivity contribution in [3.05, 3.63) is 33.6 Å². The predicted molar refractivity (Wildman–Crippen MR) is 116 cm³/mol. The molecule has 28 heavy (non-hydrogen) atoms. The Kier molecular flexibility index (Phi) is 7.05. The third-order valence-corrected chi connectivity index (χ3v) is 6.43. The van der Waals surface area contributed by atoms with Crippen molar-refractivity contribution < 1.29 is 4.79 Å². The van der Waals surface area contributed by atoms with Crippen LogP contribution in [-0.4, -0.2) is 27.3 Å². The largest absolute Gasteiger partial charge is 0.352 e. The Hall–Kier alpha value is -1.53. The molecule has 1 heterocycles. The molecule has 1 fully saturated rings. The number of hydrogen-bond donors (Lipinski definition) is 1. The SMILES string of the molecule is CC(C)Cn1c(SCC(=O)N[C@@H]2CCCC[C@H]2C)nc2cc(Cl)ccc2c1=O. The highest BCUT2D eigenvalue weighted by molar-refractivity contribution is 7.99. The summed E-state index contributed by atoms with van der Waals surface area (Å²) in [6, 6.07) is 5.38. The van der Waals surface area contributed by atoms with Gasteiger partial charge in [-0.15, -0.1) is 0 Å². The van der Waals surface area contributed by atoms with Crippen molar-refractivity contribution in [2.24, 2.45) is 11.8 Å². The van der Waals surface area contributed by atoms with Crippen molar-refractivity contribution in [2.45, 2.75) is 64.2 Å². The molecule has 2 atom stereocenters. The van der Waals surface area contributed by atoms with E-state index in [-0.39, 0.29) is 23.3 Å². The highest BCUT2D eigenvalue weighted by atomic mass is 35.5. The Balaban J connectivity index is 1.80. The first kappa shape index (κ1) is 21.2. The van der Waals surface area contributed by atoms with Gasteiger partial charge in [-0.2, -0.15) is 0 Å². The third-order valence-electron chi connectivity index (χ3n) is 5.22. The lowest BCUT2D eigenvalue weighted by Gasteiger charge is -2.29. The quantitative estimate of drug-likeness (QED) is 0.551. The number of halogens is 1.